The molecule has 28 heavy (non-hydrogen) atoms. The van der Waals surface area contributed by atoms with Crippen molar-refractivity contribution in [2.75, 3.05) is 13.4 Å². The number of sulfone groups is 1. The summed E-state index contributed by atoms with van der Waals surface area (Å²) >= 11 is 5.64. The maximum Gasteiger partial charge on any atom is 0.348 e. The Bertz CT molecular complexity index is 1110. The number of rotatable bonds is 6. The number of hydrogen-bond donors (Lipinski definition) is 0. The highest BCUT2D eigenvalue weighted by Gasteiger charge is 2.27. The van der Waals surface area contributed by atoms with Crippen LogP contribution in [0.5, 0.6) is 11.6 Å². The number of aromatic nitrogens is 1. The molecule has 0 radical (unpaired) electrons. The van der Waals surface area contributed by atoms with Gasteiger partial charge in [-0.05, 0) is 46.5 Å². The van der Waals surface area contributed by atoms with Gasteiger partial charge in [-0.15, -0.1) is 23.1 Å². The molecule has 0 N–H and O–H groups in total. The number of ether oxygens (including phenoxy) is 2. The lowest BCUT2D eigenvalue weighted by Crippen LogP contribution is -2.04. The molecule has 0 amide bonds. The first-order valence-corrected chi connectivity index (χ1v) is 12.1. The van der Waals surface area contributed by atoms with Crippen LogP contribution in [0.1, 0.15) is 9.67 Å². The molecule has 3 rings (SSSR count). The second kappa shape index (κ2) is 8.64. The lowest BCUT2D eigenvalue weighted by molar-refractivity contribution is 0.0606. The zero-order chi connectivity index (χ0) is 20.3. The lowest BCUT2D eigenvalue weighted by atomic mass is 10.3. The fraction of sp³-hybridized carbons (Fsp3) is 0.111. The van der Waals surface area contributed by atoms with Crippen molar-refractivity contribution in [1.82, 2.24) is 4.98 Å². The van der Waals surface area contributed by atoms with Crippen LogP contribution in [-0.2, 0) is 14.6 Å². The largest absolute Gasteiger partial charge is 0.465 e. The highest BCUT2D eigenvalue weighted by Crippen LogP contribution is 2.38. The van der Waals surface area contributed by atoms with Crippen molar-refractivity contribution in [3.63, 3.8) is 0 Å². The molecule has 0 spiro atoms. The van der Waals surface area contributed by atoms with Crippen LogP contribution in [0.2, 0.25) is 0 Å². The quantitative estimate of drug-likeness (QED) is 0.347. The number of nitrogens with zero attached hydrogens (tertiary/aromatic N) is 1. The number of para-hydroxylation sites is 1. The van der Waals surface area contributed by atoms with E-state index in [0.717, 1.165) is 11.3 Å². The van der Waals surface area contributed by atoms with E-state index in [-0.39, 0.29) is 20.5 Å². The van der Waals surface area contributed by atoms with E-state index in [1.54, 1.807) is 18.4 Å². The van der Waals surface area contributed by atoms with Gasteiger partial charge in [0.2, 0.25) is 15.7 Å². The molecular weight excluding hydrogens is 486 g/mol. The van der Waals surface area contributed by atoms with Crippen molar-refractivity contribution in [2.45, 2.75) is 14.0 Å². The second-order valence-electron chi connectivity index (χ2n) is 5.33. The Labute approximate surface area is 179 Å². The molecule has 0 aliphatic rings. The number of halogens is 1. The van der Waals surface area contributed by atoms with E-state index in [1.807, 2.05) is 18.2 Å². The third-order valence-electron chi connectivity index (χ3n) is 3.58. The number of thioether (sulfide) groups is 1. The minimum Gasteiger partial charge on any atom is -0.465 e. The molecule has 0 atom stereocenters. The van der Waals surface area contributed by atoms with E-state index in [2.05, 4.69) is 25.7 Å². The normalized spacial score (nSPS) is 11.2. The molecule has 3 aromatic rings. The van der Waals surface area contributed by atoms with E-state index < -0.39 is 15.8 Å². The van der Waals surface area contributed by atoms with E-state index in [4.69, 9.17) is 4.74 Å². The highest BCUT2D eigenvalue weighted by atomic mass is 79.9. The average molecular weight is 500 g/mol. The van der Waals surface area contributed by atoms with E-state index in [1.165, 1.54) is 37.2 Å². The van der Waals surface area contributed by atoms with Gasteiger partial charge in [-0.25, -0.2) is 18.2 Å². The van der Waals surface area contributed by atoms with Crippen LogP contribution in [0.15, 0.2) is 67.1 Å². The summed E-state index contributed by atoms with van der Waals surface area (Å²) in [6.45, 7) is 0. The van der Waals surface area contributed by atoms with Gasteiger partial charge >= 0.3 is 5.97 Å². The Morgan fingerprint density at radius 1 is 1.21 bits per heavy atom. The van der Waals surface area contributed by atoms with Crippen LogP contribution in [0, 0.1) is 0 Å². The molecule has 0 aliphatic carbocycles. The van der Waals surface area contributed by atoms with Gasteiger partial charge in [0.25, 0.3) is 0 Å². The zero-order valence-electron chi connectivity index (χ0n) is 14.7. The number of benzene rings is 1. The Kier molecular flexibility index (Phi) is 6.43. The number of hydrogen-bond acceptors (Lipinski definition) is 8. The number of carbonyl (C=O) groups is 1. The number of thiophene rings is 1. The monoisotopic (exact) mass is 499 g/mol. The van der Waals surface area contributed by atoms with Crippen LogP contribution in [0.3, 0.4) is 0 Å². The topological polar surface area (TPSA) is 82.6 Å². The maximum absolute atomic E-state index is 13.1. The van der Waals surface area contributed by atoms with Gasteiger partial charge in [-0.3, -0.25) is 0 Å². The van der Waals surface area contributed by atoms with Crippen molar-refractivity contribution in [2.24, 2.45) is 0 Å². The molecule has 0 saturated heterocycles. The first kappa shape index (κ1) is 20.8. The fourth-order valence-electron chi connectivity index (χ4n) is 2.25. The molecular formula is C18H14BrNO5S3. The molecule has 2 heterocycles. The minimum atomic E-state index is -3.88. The Morgan fingerprint density at radius 3 is 2.54 bits per heavy atom. The van der Waals surface area contributed by atoms with Gasteiger partial charge in [0.15, 0.2) is 0 Å². The average Bonchev–Trinajstić information content (AvgIpc) is 3.15. The van der Waals surface area contributed by atoms with Gasteiger partial charge in [-0.1, -0.05) is 18.2 Å². The third-order valence-corrected chi connectivity index (χ3v) is 8.40. The van der Waals surface area contributed by atoms with Crippen molar-refractivity contribution in [1.29, 1.82) is 0 Å². The van der Waals surface area contributed by atoms with E-state index >= 15 is 0 Å². The van der Waals surface area contributed by atoms with Crippen LogP contribution in [0.4, 0.5) is 0 Å². The van der Waals surface area contributed by atoms with Crippen LogP contribution >= 0.6 is 39.0 Å². The van der Waals surface area contributed by atoms with Crippen molar-refractivity contribution < 1.29 is 22.7 Å². The predicted molar refractivity (Wildman–Crippen MR) is 111 cm³/mol. The summed E-state index contributed by atoms with van der Waals surface area (Å²) in [6.07, 6.45) is 2.98. The number of pyridine rings is 1. The van der Waals surface area contributed by atoms with Gasteiger partial charge in [0.1, 0.15) is 10.6 Å². The molecule has 0 bridgehead atoms. The first-order chi connectivity index (χ1) is 13.4. The summed E-state index contributed by atoms with van der Waals surface area (Å²) in [6, 6.07) is 11.8. The highest BCUT2D eigenvalue weighted by molar-refractivity contribution is 9.10. The predicted octanol–water partition coefficient (Wildman–Crippen LogP) is 5.04. The van der Waals surface area contributed by atoms with Crippen molar-refractivity contribution in [3.05, 3.63) is 58.0 Å². The Hall–Kier alpha value is -1.88. The maximum atomic E-state index is 13.1. The molecule has 0 aliphatic heterocycles. The summed E-state index contributed by atoms with van der Waals surface area (Å²) in [4.78, 5) is 16.2. The summed E-state index contributed by atoms with van der Waals surface area (Å²) < 4.78 is 37.4. The van der Waals surface area contributed by atoms with E-state index in [0.29, 0.717) is 14.4 Å². The second-order valence-corrected chi connectivity index (χ2v) is 10.2. The van der Waals surface area contributed by atoms with Gasteiger partial charge < -0.3 is 9.47 Å². The zero-order valence-corrected chi connectivity index (χ0v) is 18.7. The molecule has 1 aromatic carbocycles. The molecule has 146 valence electrons. The smallest absolute Gasteiger partial charge is 0.348 e. The Morgan fingerprint density at radius 2 is 1.93 bits per heavy atom. The molecule has 2 aromatic heterocycles. The SMILES string of the molecule is COC(=O)c1cc(S(=O)(=O)c2cnc(Oc3ccccc3)c(Br)c2)c(SC)s1. The summed E-state index contributed by atoms with van der Waals surface area (Å²) in [7, 11) is -2.63. The van der Waals surface area contributed by atoms with Crippen LogP contribution in [0.25, 0.3) is 0 Å². The molecule has 10 heteroatoms. The molecule has 0 fully saturated rings. The molecule has 6 nitrogen and oxygen atoms in total. The van der Waals surface area contributed by atoms with Gasteiger partial charge in [0.05, 0.1) is 31.8 Å². The Balaban J connectivity index is 1.98. The van der Waals surface area contributed by atoms with E-state index in [9.17, 15) is 13.2 Å². The summed E-state index contributed by atoms with van der Waals surface area (Å²) in [5, 5.41) is 0. The minimum absolute atomic E-state index is 0.00991. The number of carbonyl (C=O) groups excluding carboxylic acids is 1. The van der Waals surface area contributed by atoms with Crippen molar-refractivity contribution in [3.8, 4) is 11.6 Å². The lowest BCUT2D eigenvalue weighted by Gasteiger charge is -2.09. The standard InChI is InChI=1S/C18H14BrNO5S3/c1-24-17(21)14-9-15(18(26-2)27-14)28(22,23)12-8-13(19)16(20-10-12)25-11-6-4-3-5-7-11/h3-10H,1-2H3. The van der Waals surface area contributed by atoms with Crippen molar-refractivity contribution >= 4 is 54.8 Å². The molecule has 0 saturated carbocycles. The third kappa shape index (κ3) is 4.24. The van der Waals surface area contributed by atoms with Gasteiger partial charge in [0, 0.05) is 0 Å². The van der Waals surface area contributed by atoms with Crippen LogP contribution < -0.4 is 4.74 Å². The molecule has 0 unspecified atom stereocenters. The summed E-state index contributed by atoms with van der Waals surface area (Å²) in [5.41, 5.74) is 0. The van der Waals surface area contributed by atoms with Gasteiger partial charge in [-0.2, -0.15) is 0 Å². The van der Waals surface area contributed by atoms with Crippen LogP contribution in [-0.4, -0.2) is 32.7 Å². The first-order valence-electron chi connectivity index (χ1n) is 7.76. The summed E-state index contributed by atoms with van der Waals surface area (Å²) in [5.74, 6) is 0.250. The number of esters is 1. The fourth-order valence-corrected chi connectivity index (χ4v) is 6.71. The number of methoxy groups -OCH3 is 1.